The van der Waals surface area contributed by atoms with Gasteiger partial charge in [-0.25, -0.2) is 4.68 Å². The third-order valence-corrected chi connectivity index (χ3v) is 6.31. The highest BCUT2D eigenvalue weighted by Gasteiger charge is 2.27. The Bertz CT molecular complexity index is 1290. The maximum absolute atomic E-state index is 13.0. The third-order valence-electron chi connectivity index (χ3n) is 5.73. The summed E-state index contributed by atoms with van der Waals surface area (Å²) < 4.78 is 7.36. The van der Waals surface area contributed by atoms with E-state index >= 15 is 0 Å². The Kier molecular flexibility index (Phi) is 6.00. The molecule has 0 amide bonds. The SMILES string of the molecule is Cn1ncc(Oc2cccc(C3CC3)c2)c(C2=NOC[C@@H](Cc3ccc(Cl)cc3Cl)N2)c1=O. The van der Waals surface area contributed by atoms with Gasteiger partial charge in [0.05, 0.1) is 12.2 Å². The number of nitrogens with one attached hydrogen (secondary N) is 1. The van der Waals surface area contributed by atoms with Crippen molar-refractivity contribution in [2.75, 3.05) is 6.61 Å². The van der Waals surface area contributed by atoms with Crippen LogP contribution in [0.5, 0.6) is 11.5 Å². The minimum atomic E-state index is -0.342. The molecule has 0 spiro atoms. The first kappa shape index (κ1) is 21.8. The monoisotopic (exact) mass is 484 g/mol. The van der Waals surface area contributed by atoms with Gasteiger partial charge in [0.2, 0.25) is 0 Å². The second-order valence-corrected chi connectivity index (χ2v) is 9.12. The molecule has 1 aliphatic heterocycles. The zero-order valence-corrected chi connectivity index (χ0v) is 19.4. The van der Waals surface area contributed by atoms with Gasteiger partial charge in [-0.3, -0.25) is 4.79 Å². The maximum atomic E-state index is 13.0. The number of hydrogen-bond acceptors (Lipinski definition) is 6. The number of ether oxygens (including phenoxy) is 1. The zero-order valence-electron chi connectivity index (χ0n) is 17.9. The minimum absolute atomic E-state index is 0.153. The first-order chi connectivity index (χ1) is 16.0. The van der Waals surface area contributed by atoms with Crippen LogP contribution in [0.3, 0.4) is 0 Å². The molecular formula is C24H22Cl2N4O3. The van der Waals surface area contributed by atoms with Crippen molar-refractivity contribution >= 4 is 29.0 Å². The second-order valence-electron chi connectivity index (χ2n) is 8.28. The van der Waals surface area contributed by atoms with Crippen LogP contribution < -0.4 is 15.6 Å². The van der Waals surface area contributed by atoms with E-state index in [4.69, 9.17) is 32.8 Å². The van der Waals surface area contributed by atoms with Gasteiger partial charge in [-0.15, -0.1) is 0 Å². The molecule has 7 nitrogen and oxygen atoms in total. The van der Waals surface area contributed by atoms with E-state index < -0.39 is 0 Å². The summed E-state index contributed by atoms with van der Waals surface area (Å²) in [6.45, 7) is 0.327. The molecule has 1 saturated carbocycles. The van der Waals surface area contributed by atoms with Gasteiger partial charge in [0.25, 0.3) is 5.56 Å². The Balaban J connectivity index is 1.42. The molecule has 1 fully saturated rings. The van der Waals surface area contributed by atoms with E-state index in [1.165, 1.54) is 29.3 Å². The molecule has 9 heteroatoms. The standard InChI is InChI=1S/C24H22Cl2N4O3/c1-30-24(31)22(21(12-27-30)33-19-4-2-3-15(10-19)14-5-6-14)23-28-18(13-32-29-23)9-16-7-8-17(25)11-20(16)26/h2-4,7-8,10-12,14,18H,5-6,9,13H2,1H3,(H,28,29)/t18-/m1/s1. The van der Waals surface area contributed by atoms with E-state index in [2.05, 4.69) is 21.6 Å². The molecule has 1 atom stereocenters. The first-order valence-corrected chi connectivity index (χ1v) is 11.5. The van der Waals surface area contributed by atoms with E-state index in [1.807, 2.05) is 24.3 Å². The third kappa shape index (κ3) is 4.84. The summed E-state index contributed by atoms with van der Waals surface area (Å²) in [4.78, 5) is 18.5. The van der Waals surface area contributed by atoms with Gasteiger partial charge in [0.1, 0.15) is 17.9 Å². The van der Waals surface area contributed by atoms with Crippen LogP contribution in [0, 0.1) is 0 Å². The van der Waals surface area contributed by atoms with Crippen molar-refractivity contribution in [3.63, 3.8) is 0 Å². The number of benzene rings is 2. The normalized spacial score (nSPS) is 17.7. The summed E-state index contributed by atoms with van der Waals surface area (Å²) in [6.07, 6.45) is 4.48. The Morgan fingerprint density at radius 2 is 2.06 bits per heavy atom. The van der Waals surface area contributed by atoms with Crippen molar-refractivity contribution in [2.45, 2.75) is 31.2 Å². The maximum Gasteiger partial charge on any atom is 0.281 e. The van der Waals surface area contributed by atoms with E-state index in [-0.39, 0.29) is 17.2 Å². The lowest BCUT2D eigenvalue weighted by Gasteiger charge is -2.25. The fourth-order valence-corrected chi connectivity index (χ4v) is 4.31. The van der Waals surface area contributed by atoms with Crippen LogP contribution in [-0.4, -0.2) is 28.3 Å². The van der Waals surface area contributed by atoms with Gasteiger partial charge in [-0.05, 0) is 60.6 Å². The predicted molar refractivity (Wildman–Crippen MR) is 128 cm³/mol. The van der Waals surface area contributed by atoms with Crippen molar-refractivity contribution < 1.29 is 9.57 Å². The van der Waals surface area contributed by atoms with Crippen molar-refractivity contribution in [1.82, 2.24) is 15.1 Å². The van der Waals surface area contributed by atoms with Crippen LogP contribution in [0.25, 0.3) is 0 Å². The Morgan fingerprint density at radius 1 is 1.21 bits per heavy atom. The van der Waals surface area contributed by atoms with Crippen molar-refractivity contribution in [2.24, 2.45) is 12.2 Å². The van der Waals surface area contributed by atoms with Crippen LogP contribution in [-0.2, 0) is 18.3 Å². The molecule has 5 rings (SSSR count). The second kappa shape index (κ2) is 9.08. The predicted octanol–water partition coefficient (Wildman–Crippen LogP) is 4.65. The number of aryl methyl sites for hydroxylation is 1. The molecule has 0 radical (unpaired) electrons. The number of rotatable bonds is 6. The number of halogens is 2. The lowest BCUT2D eigenvalue weighted by Crippen LogP contribution is -2.46. The summed E-state index contributed by atoms with van der Waals surface area (Å²) in [5.74, 6) is 1.85. The number of oxime groups is 1. The molecule has 2 heterocycles. The van der Waals surface area contributed by atoms with E-state index in [0.717, 1.165) is 5.56 Å². The van der Waals surface area contributed by atoms with Gasteiger partial charge in [0, 0.05) is 17.1 Å². The Morgan fingerprint density at radius 3 is 2.85 bits per heavy atom. The quantitative estimate of drug-likeness (QED) is 0.550. The van der Waals surface area contributed by atoms with Crippen LogP contribution in [0.15, 0.2) is 58.6 Å². The van der Waals surface area contributed by atoms with E-state index in [1.54, 1.807) is 19.2 Å². The van der Waals surface area contributed by atoms with Gasteiger partial charge in [-0.1, -0.05) is 46.6 Å². The summed E-state index contributed by atoms with van der Waals surface area (Å²) in [7, 11) is 1.58. The average molecular weight is 485 g/mol. The van der Waals surface area contributed by atoms with Crippen LogP contribution in [0.2, 0.25) is 10.0 Å². The van der Waals surface area contributed by atoms with Gasteiger partial charge in [-0.2, -0.15) is 5.10 Å². The topological polar surface area (TPSA) is 77.7 Å². The van der Waals surface area contributed by atoms with Crippen LogP contribution >= 0.6 is 23.2 Å². The van der Waals surface area contributed by atoms with E-state index in [9.17, 15) is 4.79 Å². The lowest BCUT2D eigenvalue weighted by atomic mass is 10.1. The highest BCUT2D eigenvalue weighted by atomic mass is 35.5. The smallest absolute Gasteiger partial charge is 0.281 e. The van der Waals surface area contributed by atoms with Crippen molar-refractivity contribution in [3.05, 3.63) is 85.8 Å². The first-order valence-electron chi connectivity index (χ1n) is 10.7. The molecular weight excluding hydrogens is 463 g/mol. The molecule has 3 aromatic rings. The molecule has 2 aliphatic rings. The minimum Gasteiger partial charge on any atom is -0.455 e. The summed E-state index contributed by atoms with van der Waals surface area (Å²) in [5, 5.41) is 12.7. The van der Waals surface area contributed by atoms with Crippen molar-refractivity contribution in [3.8, 4) is 11.5 Å². The Hall–Kier alpha value is -3.03. The van der Waals surface area contributed by atoms with Crippen molar-refractivity contribution in [1.29, 1.82) is 0 Å². The fraction of sp³-hybridized carbons (Fsp3) is 0.292. The number of aromatic nitrogens is 2. The molecule has 0 bridgehead atoms. The molecule has 33 heavy (non-hydrogen) atoms. The van der Waals surface area contributed by atoms with Crippen LogP contribution in [0.4, 0.5) is 0 Å². The van der Waals surface area contributed by atoms with Crippen LogP contribution in [0.1, 0.15) is 35.4 Å². The highest BCUT2D eigenvalue weighted by Crippen LogP contribution is 2.41. The molecule has 170 valence electrons. The summed E-state index contributed by atoms with van der Waals surface area (Å²) in [5.41, 5.74) is 2.07. The molecule has 1 aromatic heterocycles. The van der Waals surface area contributed by atoms with Gasteiger partial charge >= 0.3 is 0 Å². The van der Waals surface area contributed by atoms with Gasteiger partial charge < -0.3 is 14.9 Å². The summed E-state index contributed by atoms with van der Waals surface area (Å²) >= 11 is 12.3. The molecule has 1 aliphatic carbocycles. The Labute approximate surface area is 200 Å². The molecule has 2 aromatic carbocycles. The molecule has 1 N–H and O–H groups in total. The molecule has 0 saturated heterocycles. The molecule has 0 unspecified atom stereocenters. The average Bonchev–Trinajstić information content (AvgIpc) is 3.65. The summed E-state index contributed by atoms with van der Waals surface area (Å²) in [6, 6.07) is 13.2. The van der Waals surface area contributed by atoms with E-state index in [0.29, 0.717) is 46.3 Å². The fourth-order valence-electron chi connectivity index (χ4n) is 3.83. The number of amidine groups is 1. The largest absolute Gasteiger partial charge is 0.455 e. The zero-order chi connectivity index (χ0) is 22.9. The highest BCUT2D eigenvalue weighted by molar-refractivity contribution is 6.35. The number of hydrogen-bond donors (Lipinski definition) is 1. The number of nitrogens with zero attached hydrogens (tertiary/aromatic N) is 3. The lowest BCUT2D eigenvalue weighted by molar-refractivity contribution is 0.109. The van der Waals surface area contributed by atoms with Gasteiger partial charge in [0.15, 0.2) is 11.6 Å².